The van der Waals surface area contributed by atoms with Crippen molar-refractivity contribution in [3.8, 4) is 0 Å². The van der Waals surface area contributed by atoms with E-state index in [9.17, 15) is 18.0 Å². The Kier molecular flexibility index (Phi) is 4.62. The highest BCUT2D eigenvalue weighted by atomic mass is 79.9. The van der Waals surface area contributed by atoms with Gasteiger partial charge in [-0.3, -0.25) is 9.78 Å². The van der Waals surface area contributed by atoms with Gasteiger partial charge in [-0.15, -0.1) is 0 Å². The number of nitrogens with one attached hydrogen (secondary N) is 1. The number of nitrogens with zero attached hydrogens (tertiary/aromatic N) is 1. The Hall–Kier alpha value is -1.89. The lowest BCUT2D eigenvalue weighted by Crippen LogP contribution is -2.23. The van der Waals surface area contributed by atoms with Crippen molar-refractivity contribution in [3.05, 3.63) is 63.9 Å². The fourth-order valence-corrected chi connectivity index (χ4v) is 2.14. The van der Waals surface area contributed by atoms with Crippen molar-refractivity contribution in [3.63, 3.8) is 0 Å². The topological polar surface area (TPSA) is 42.0 Å². The molecule has 2 aromatic rings. The van der Waals surface area contributed by atoms with Gasteiger partial charge >= 0.3 is 6.18 Å². The van der Waals surface area contributed by atoms with Gasteiger partial charge in [-0.25, -0.2) is 0 Å². The maximum absolute atomic E-state index is 12.8. The highest BCUT2D eigenvalue weighted by molar-refractivity contribution is 9.10. The van der Waals surface area contributed by atoms with Crippen molar-refractivity contribution in [2.75, 3.05) is 0 Å². The minimum Gasteiger partial charge on any atom is -0.348 e. The first-order chi connectivity index (χ1) is 9.88. The van der Waals surface area contributed by atoms with Crippen LogP contribution in [0.1, 0.15) is 21.5 Å². The van der Waals surface area contributed by atoms with Gasteiger partial charge in [0.1, 0.15) is 0 Å². The fourth-order valence-electron chi connectivity index (χ4n) is 1.67. The largest absolute Gasteiger partial charge is 0.417 e. The Morgan fingerprint density at radius 2 is 2.05 bits per heavy atom. The molecule has 0 aliphatic carbocycles. The van der Waals surface area contributed by atoms with Gasteiger partial charge in [-0.1, -0.05) is 22.0 Å². The van der Waals surface area contributed by atoms with Gasteiger partial charge in [0.25, 0.3) is 5.91 Å². The Labute approximate surface area is 127 Å². The molecule has 0 aliphatic heterocycles. The third-order valence-electron chi connectivity index (χ3n) is 2.71. The number of hydrogen-bond acceptors (Lipinski definition) is 2. The van der Waals surface area contributed by atoms with E-state index in [1.165, 1.54) is 12.1 Å². The summed E-state index contributed by atoms with van der Waals surface area (Å²) in [5, 5.41) is 2.55. The lowest BCUT2D eigenvalue weighted by atomic mass is 10.1. The van der Waals surface area contributed by atoms with Crippen molar-refractivity contribution in [1.82, 2.24) is 10.3 Å². The van der Waals surface area contributed by atoms with Gasteiger partial charge in [0, 0.05) is 29.0 Å². The number of benzene rings is 1. The van der Waals surface area contributed by atoms with E-state index in [0.717, 1.165) is 11.6 Å². The molecule has 1 heterocycles. The summed E-state index contributed by atoms with van der Waals surface area (Å²) >= 11 is 2.83. The molecule has 1 aromatic carbocycles. The highest BCUT2D eigenvalue weighted by Gasteiger charge is 2.33. The molecule has 0 fully saturated rings. The molecule has 0 spiro atoms. The van der Waals surface area contributed by atoms with E-state index in [1.54, 1.807) is 24.5 Å². The first-order valence-corrected chi connectivity index (χ1v) is 6.71. The number of amides is 1. The zero-order valence-corrected chi connectivity index (χ0v) is 12.2. The predicted octanol–water partition coefficient (Wildman–Crippen LogP) is 3.79. The zero-order valence-electron chi connectivity index (χ0n) is 10.6. The Morgan fingerprint density at radius 1 is 1.29 bits per heavy atom. The Morgan fingerprint density at radius 3 is 2.67 bits per heavy atom. The van der Waals surface area contributed by atoms with E-state index < -0.39 is 17.6 Å². The zero-order chi connectivity index (χ0) is 15.5. The molecular formula is C14H10BrF3N2O. The number of alkyl halides is 3. The monoisotopic (exact) mass is 358 g/mol. The fraction of sp³-hybridized carbons (Fsp3) is 0.143. The number of aromatic nitrogens is 1. The van der Waals surface area contributed by atoms with Crippen LogP contribution in [0, 0.1) is 0 Å². The molecule has 0 atom stereocenters. The highest BCUT2D eigenvalue weighted by Crippen LogP contribution is 2.35. The van der Waals surface area contributed by atoms with Crippen LogP contribution in [0.5, 0.6) is 0 Å². The average molecular weight is 359 g/mol. The molecule has 21 heavy (non-hydrogen) atoms. The number of hydrogen-bond donors (Lipinski definition) is 1. The van der Waals surface area contributed by atoms with Crippen LogP contribution in [0.25, 0.3) is 0 Å². The number of carbonyl (C=O) groups is 1. The van der Waals surface area contributed by atoms with Crippen LogP contribution >= 0.6 is 15.9 Å². The van der Waals surface area contributed by atoms with Crippen LogP contribution in [0.3, 0.4) is 0 Å². The van der Waals surface area contributed by atoms with Crippen LogP contribution in [-0.4, -0.2) is 10.9 Å². The molecule has 0 bridgehead atoms. The first-order valence-electron chi connectivity index (χ1n) is 5.92. The van der Waals surface area contributed by atoms with Crippen LogP contribution in [0.15, 0.2) is 47.2 Å². The molecule has 7 heteroatoms. The summed E-state index contributed by atoms with van der Waals surface area (Å²) in [5.74, 6) is -0.572. The molecule has 2 rings (SSSR count). The van der Waals surface area contributed by atoms with Gasteiger partial charge in [0.05, 0.1) is 5.56 Å². The lowest BCUT2D eigenvalue weighted by Gasteiger charge is -2.11. The van der Waals surface area contributed by atoms with Gasteiger partial charge < -0.3 is 5.32 Å². The third-order valence-corrected chi connectivity index (χ3v) is 3.40. The summed E-state index contributed by atoms with van der Waals surface area (Å²) < 4.78 is 38.2. The predicted molar refractivity (Wildman–Crippen MR) is 74.6 cm³/mol. The molecule has 1 N–H and O–H groups in total. The van der Waals surface area contributed by atoms with E-state index >= 15 is 0 Å². The summed E-state index contributed by atoms with van der Waals surface area (Å²) in [6.07, 6.45) is -1.35. The SMILES string of the molecule is O=C(NCc1cccnc1)c1ccc(Br)c(C(F)(F)F)c1. The summed E-state index contributed by atoms with van der Waals surface area (Å²) in [6, 6.07) is 6.83. The third kappa shape index (κ3) is 4.04. The smallest absolute Gasteiger partial charge is 0.348 e. The molecule has 110 valence electrons. The summed E-state index contributed by atoms with van der Waals surface area (Å²) in [4.78, 5) is 15.8. The maximum Gasteiger partial charge on any atom is 0.417 e. The van der Waals surface area contributed by atoms with Crippen LogP contribution in [0.2, 0.25) is 0 Å². The van der Waals surface area contributed by atoms with Crippen molar-refractivity contribution >= 4 is 21.8 Å². The molecule has 0 aliphatic rings. The normalized spacial score (nSPS) is 11.2. The number of pyridine rings is 1. The minimum atomic E-state index is -4.52. The quantitative estimate of drug-likeness (QED) is 0.906. The molecule has 0 saturated carbocycles. The summed E-state index contributed by atoms with van der Waals surface area (Å²) in [5.41, 5.74) is -0.162. The van der Waals surface area contributed by atoms with Gasteiger partial charge in [0.2, 0.25) is 0 Å². The minimum absolute atomic E-state index is 0.0468. The van der Waals surface area contributed by atoms with Crippen molar-refractivity contribution in [1.29, 1.82) is 0 Å². The second-order valence-corrected chi connectivity index (χ2v) is 5.09. The van der Waals surface area contributed by atoms with Gasteiger partial charge in [-0.2, -0.15) is 13.2 Å². The molecular weight excluding hydrogens is 349 g/mol. The molecule has 1 aromatic heterocycles. The van der Waals surface area contributed by atoms with Gasteiger partial charge in [-0.05, 0) is 29.8 Å². The van der Waals surface area contributed by atoms with E-state index in [2.05, 4.69) is 26.2 Å². The van der Waals surface area contributed by atoms with Gasteiger partial charge in [0.15, 0.2) is 0 Å². The van der Waals surface area contributed by atoms with Crippen LogP contribution in [-0.2, 0) is 12.7 Å². The lowest BCUT2D eigenvalue weighted by molar-refractivity contribution is -0.138. The number of halogens is 4. The number of rotatable bonds is 3. The second kappa shape index (κ2) is 6.26. The standard InChI is InChI=1S/C14H10BrF3N2O/c15-12-4-3-10(6-11(12)14(16,17)18)13(21)20-8-9-2-1-5-19-7-9/h1-7H,8H2,(H,20,21). The Bertz CT molecular complexity index is 644. The molecule has 0 unspecified atom stereocenters. The molecule has 0 radical (unpaired) electrons. The molecule has 0 saturated heterocycles. The van der Waals surface area contributed by atoms with Crippen molar-refractivity contribution in [2.45, 2.75) is 12.7 Å². The van der Waals surface area contributed by atoms with E-state index in [0.29, 0.717) is 0 Å². The van der Waals surface area contributed by atoms with E-state index in [-0.39, 0.29) is 16.6 Å². The second-order valence-electron chi connectivity index (χ2n) is 4.24. The first kappa shape index (κ1) is 15.5. The maximum atomic E-state index is 12.8. The van der Waals surface area contributed by atoms with E-state index in [4.69, 9.17) is 0 Å². The molecule has 1 amide bonds. The van der Waals surface area contributed by atoms with Crippen molar-refractivity contribution < 1.29 is 18.0 Å². The average Bonchev–Trinajstić information content (AvgIpc) is 2.45. The molecule has 3 nitrogen and oxygen atoms in total. The van der Waals surface area contributed by atoms with E-state index in [1.807, 2.05) is 0 Å². The van der Waals surface area contributed by atoms with Crippen molar-refractivity contribution in [2.24, 2.45) is 0 Å². The van der Waals surface area contributed by atoms with Crippen LogP contribution < -0.4 is 5.32 Å². The Balaban J connectivity index is 2.13. The number of carbonyl (C=O) groups excluding carboxylic acids is 1. The summed E-state index contributed by atoms with van der Waals surface area (Å²) in [6.45, 7) is 0.199. The summed E-state index contributed by atoms with van der Waals surface area (Å²) in [7, 11) is 0. The van der Waals surface area contributed by atoms with Crippen LogP contribution in [0.4, 0.5) is 13.2 Å².